The van der Waals surface area contributed by atoms with E-state index in [-0.39, 0.29) is 30.5 Å². The van der Waals surface area contributed by atoms with Gasteiger partial charge in [-0.25, -0.2) is 9.18 Å². The maximum absolute atomic E-state index is 13.3. The van der Waals surface area contributed by atoms with E-state index in [1.165, 1.54) is 12.1 Å². The monoisotopic (exact) mass is 441 g/mol. The number of pyridine rings is 1. The first-order chi connectivity index (χ1) is 15.0. The number of rotatable bonds is 7. The van der Waals surface area contributed by atoms with E-state index in [0.717, 1.165) is 5.56 Å². The van der Waals surface area contributed by atoms with Crippen molar-refractivity contribution in [3.05, 3.63) is 64.7 Å². The highest BCUT2D eigenvalue weighted by Crippen LogP contribution is 2.32. The number of aliphatic hydroxyl groups is 1. The highest BCUT2D eigenvalue weighted by Gasteiger charge is 2.30. The molecule has 1 aliphatic heterocycles. The third-order valence-corrected chi connectivity index (χ3v) is 5.21. The fraction of sp³-hybridized carbons (Fsp3) is 0.417. The number of ketones is 1. The Balaban J connectivity index is 1.67. The van der Waals surface area contributed by atoms with Gasteiger partial charge in [0.2, 0.25) is 0 Å². The van der Waals surface area contributed by atoms with Crippen LogP contribution in [0.15, 0.2) is 41.5 Å². The number of nitrogens with one attached hydrogen (secondary N) is 1. The summed E-state index contributed by atoms with van der Waals surface area (Å²) in [6.07, 6.45) is 0.958. The van der Waals surface area contributed by atoms with Crippen LogP contribution in [0.4, 0.5) is 9.18 Å². The summed E-state index contributed by atoms with van der Waals surface area (Å²) in [7, 11) is 0. The van der Waals surface area contributed by atoms with Crippen molar-refractivity contribution in [1.29, 1.82) is 0 Å². The highest BCUT2D eigenvalue weighted by molar-refractivity contribution is 6.08. The van der Waals surface area contributed by atoms with Crippen LogP contribution in [-0.4, -0.2) is 39.5 Å². The third-order valence-electron chi connectivity index (χ3n) is 5.21. The molecule has 2 aromatic rings. The van der Waals surface area contributed by atoms with Crippen molar-refractivity contribution in [1.82, 2.24) is 10.3 Å². The van der Waals surface area contributed by atoms with E-state index >= 15 is 0 Å². The van der Waals surface area contributed by atoms with Crippen LogP contribution in [0, 0.1) is 5.82 Å². The number of Topliss-reactive ketones (excluding diaryl/α,β-unsaturated/α-hetero) is 1. The van der Waals surface area contributed by atoms with Crippen LogP contribution in [0.3, 0.4) is 0 Å². The van der Waals surface area contributed by atoms with Gasteiger partial charge >= 0.3 is 6.09 Å². The maximum atomic E-state index is 13.3. The summed E-state index contributed by atoms with van der Waals surface area (Å²) >= 11 is 0. The number of ether oxygens (including phenoxy) is 1. The van der Waals surface area contributed by atoms with E-state index in [0.29, 0.717) is 29.2 Å². The quantitative estimate of drug-likeness (QED) is 0.683. The number of fused-ring (bicyclic) bond motifs is 1. The zero-order chi connectivity index (χ0) is 23.5. The Hall–Kier alpha value is -3.13. The number of amidine groups is 1. The van der Waals surface area contributed by atoms with E-state index in [4.69, 9.17) is 4.74 Å². The van der Waals surface area contributed by atoms with Crippen molar-refractivity contribution < 1.29 is 23.8 Å². The molecule has 1 aliphatic rings. The molecule has 7 nitrogen and oxygen atoms in total. The minimum atomic E-state index is -1.15. The average molecular weight is 442 g/mol. The lowest BCUT2D eigenvalue weighted by molar-refractivity contribution is -0.120. The Morgan fingerprint density at radius 3 is 2.56 bits per heavy atom. The fourth-order valence-corrected chi connectivity index (χ4v) is 3.66. The summed E-state index contributed by atoms with van der Waals surface area (Å²) in [5.74, 6) is -0.539. The number of nitrogens with zero attached hydrogens (tertiary/aromatic N) is 2. The molecule has 1 aromatic heterocycles. The molecule has 1 aromatic carbocycles. The summed E-state index contributed by atoms with van der Waals surface area (Å²) < 4.78 is 18.4. The number of amides is 1. The lowest BCUT2D eigenvalue weighted by atomic mass is 9.80. The molecule has 1 amide bonds. The van der Waals surface area contributed by atoms with Crippen molar-refractivity contribution in [2.24, 2.45) is 4.99 Å². The van der Waals surface area contributed by atoms with Gasteiger partial charge in [-0.05, 0) is 57.0 Å². The van der Waals surface area contributed by atoms with Crippen LogP contribution in [0.2, 0.25) is 0 Å². The van der Waals surface area contributed by atoms with E-state index in [9.17, 15) is 19.1 Å². The Bertz CT molecular complexity index is 1030. The van der Waals surface area contributed by atoms with Crippen molar-refractivity contribution in [3.8, 4) is 0 Å². The smallest absolute Gasteiger partial charge is 0.413 e. The molecule has 0 bridgehead atoms. The summed E-state index contributed by atoms with van der Waals surface area (Å²) in [6.45, 7) is 7.16. The van der Waals surface area contributed by atoms with Crippen LogP contribution < -0.4 is 5.32 Å². The lowest BCUT2D eigenvalue weighted by Crippen LogP contribution is -2.32. The number of hydrogen-bond acceptors (Lipinski definition) is 6. The van der Waals surface area contributed by atoms with Gasteiger partial charge in [0.05, 0.1) is 18.2 Å². The van der Waals surface area contributed by atoms with Crippen molar-refractivity contribution in [3.63, 3.8) is 0 Å². The number of hydrogen-bond donors (Lipinski definition) is 2. The number of aliphatic imine (C=N–C) groups is 1. The Kier molecular flexibility index (Phi) is 7.03. The molecule has 0 aliphatic carbocycles. The van der Waals surface area contributed by atoms with Gasteiger partial charge in [0.25, 0.3) is 0 Å². The van der Waals surface area contributed by atoms with Crippen LogP contribution in [0.25, 0.3) is 0 Å². The Morgan fingerprint density at radius 1 is 1.25 bits per heavy atom. The molecule has 0 saturated carbocycles. The molecule has 0 fully saturated rings. The molecule has 3 rings (SSSR count). The standard InChI is InChI=1S/C24H28FN3O4/c1-14(2)32-23(30)28-22-20-13-26-18(9-16(20)12-27-22)10-19(29)11-21(24(3,4)31)15-5-7-17(25)8-6-15/h5-9,13-14,21,31H,10-12H2,1-4H3,(H,27,28,30)/t21-/m0/s1. The van der Waals surface area contributed by atoms with Gasteiger partial charge < -0.3 is 9.84 Å². The predicted molar refractivity (Wildman–Crippen MR) is 118 cm³/mol. The molecule has 1 atom stereocenters. The molecule has 0 radical (unpaired) electrons. The lowest BCUT2D eigenvalue weighted by Gasteiger charge is -2.29. The minimum Gasteiger partial charge on any atom is -0.447 e. The number of alkyl carbamates (subject to hydrolysis) is 1. The summed E-state index contributed by atoms with van der Waals surface area (Å²) in [4.78, 5) is 33.3. The van der Waals surface area contributed by atoms with E-state index in [1.807, 2.05) is 0 Å². The van der Waals surface area contributed by atoms with Gasteiger partial charge in [0.1, 0.15) is 17.4 Å². The van der Waals surface area contributed by atoms with Crippen LogP contribution >= 0.6 is 0 Å². The van der Waals surface area contributed by atoms with Gasteiger partial charge in [-0.1, -0.05) is 12.1 Å². The van der Waals surface area contributed by atoms with Crippen LogP contribution in [-0.2, 0) is 22.5 Å². The molecule has 170 valence electrons. The molecule has 0 spiro atoms. The van der Waals surface area contributed by atoms with Gasteiger partial charge in [-0.3, -0.25) is 20.1 Å². The predicted octanol–water partition coefficient (Wildman–Crippen LogP) is 3.67. The third kappa shape index (κ3) is 5.97. The van der Waals surface area contributed by atoms with Crippen molar-refractivity contribution in [2.45, 2.75) is 64.7 Å². The first kappa shape index (κ1) is 23.5. The largest absolute Gasteiger partial charge is 0.447 e. The van der Waals surface area contributed by atoms with Crippen molar-refractivity contribution >= 4 is 17.7 Å². The van der Waals surface area contributed by atoms with Gasteiger partial charge in [0, 0.05) is 36.2 Å². The summed E-state index contributed by atoms with van der Waals surface area (Å²) in [6, 6.07) is 7.63. The normalized spacial score (nSPS) is 14.0. The topological polar surface area (TPSA) is 101 Å². The first-order valence-corrected chi connectivity index (χ1v) is 10.5. The number of carbonyl (C=O) groups excluding carboxylic acids is 2. The van der Waals surface area contributed by atoms with Gasteiger partial charge in [0.15, 0.2) is 0 Å². The molecule has 2 heterocycles. The Labute approximate surface area is 186 Å². The first-order valence-electron chi connectivity index (χ1n) is 10.5. The number of aromatic nitrogens is 1. The molecular formula is C24H28FN3O4. The molecular weight excluding hydrogens is 413 g/mol. The second-order valence-electron chi connectivity index (χ2n) is 8.75. The molecule has 0 saturated heterocycles. The Morgan fingerprint density at radius 2 is 1.94 bits per heavy atom. The van der Waals surface area contributed by atoms with Crippen LogP contribution in [0.5, 0.6) is 0 Å². The number of halogens is 1. The van der Waals surface area contributed by atoms with E-state index < -0.39 is 17.6 Å². The number of carbonyl (C=O) groups is 2. The second kappa shape index (κ2) is 9.56. The van der Waals surface area contributed by atoms with Gasteiger partial charge in [-0.2, -0.15) is 0 Å². The van der Waals surface area contributed by atoms with Crippen molar-refractivity contribution in [2.75, 3.05) is 0 Å². The molecule has 8 heteroatoms. The average Bonchev–Trinajstić information content (AvgIpc) is 3.07. The fourth-order valence-electron chi connectivity index (χ4n) is 3.66. The van der Waals surface area contributed by atoms with E-state index in [1.54, 1.807) is 52.1 Å². The van der Waals surface area contributed by atoms with Crippen LogP contribution in [0.1, 0.15) is 62.4 Å². The molecule has 0 unspecified atom stereocenters. The summed E-state index contributed by atoms with van der Waals surface area (Å²) in [5.41, 5.74) is 1.69. The highest BCUT2D eigenvalue weighted by atomic mass is 19.1. The number of benzene rings is 1. The van der Waals surface area contributed by atoms with E-state index in [2.05, 4.69) is 15.3 Å². The van der Waals surface area contributed by atoms with Gasteiger partial charge in [-0.15, -0.1) is 0 Å². The zero-order valence-corrected chi connectivity index (χ0v) is 18.7. The summed E-state index contributed by atoms with van der Waals surface area (Å²) in [5, 5.41) is 13.2. The maximum Gasteiger partial charge on any atom is 0.413 e. The molecule has 2 N–H and O–H groups in total. The molecule has 32 heavy (non-hydrogen) atoms. The zero-order valence-electron chi connectivity index (χ0n) is 18.7. The second-order valence-corrected chi connectivity index (χ2v) is 8.75. The SMILES string of the molecule is CC(C)OC(=O)NC1=NCc2cc(CC(=O)C[C@@H](c3ccc(F)cc3)C(C)(C)O)ncc21. The minimum absolute atomic E-state index is 0.0910.